The molecule has 128 valence electrons. The van der Waals surface area contributed by atoms with Gasteiger partial charge in [0.15, 0.2) is 0 Å². The van der Waals surface area contributed by atoms with E-state index in [1.807, 2.05) is 45.9 Å². The summed E-state index contributed by atoms with van der Waals surface area (Å²) in [4.78, 5) is 16.2. The fourth-order valence-electron chi connectivity index (χ4n) is 2.72. The summed E-state index contributed by atoms with van der Waals surface area (Å²) < 4.78 is 10.7. The molecule has 0 bridgehead atoms. The molecule has 1 saturated heterocycles. The summed E-state index contributed by atoms with van der Waals surface area (Å²) in [5.74, 6) is 0.742. The first kappa shape index (κ1) is 17.2. The highest BCUT2D eigenvalue weighted by molar-refractivity contribution is 5.72. The van der Waals surface area contributed by atoms with Gasteiger partial charge >= 0.3 is 6.09 Å². The summed E-state index contributed by atoms with van der Waals surface area (Å²) in [6.45, 7) is 9.71. The fourth-order valence-corrected chi connectivity index (χ4v) is 2.72. The molecule has 0 unspecified atom stereocenters. The van der Waals surface area contributed by atoms with Crippen molar-refractivity contribution in [1.29, 1.82) is 0 Å². The number of rotatable bonds is 2. The van der Waals surface area contributed by atoms with E-state index in [4.69, 9.17) is 15.2 Å². The zero-order valence-electron chi connectivity index (χ0n) is 14.6. The molecule has 1 amide bonds. The van der Waals surface area contributed by atoms with E-state index in [9.17, 15) is 4.79 Å². The minimum absolute atomic E-state index is 0.0556. The van der Waals surface area contributed by atoms with Crippen LogP contribution in [0.1, 0.15) is 27.7 Å². The summed E-state index contributed by atoms with van der Waals surface area (Å²) in [5.41, 5.74) is 7.30. The molecular weight excluding hydrogens is 294 g/mol. The SMILES string of the molecule is COc1ccc(N2CCN(C(=O)OC(C)(C)C)[C@@H](C)C2)c(N)c1. The maximum atomic E-state index is 12.3. The Morgan fingerprint density at radius 2 is 2.00 bits per heavy atom. The Kier molecular flexibility index (Phi) is 4.92. The largest absolute Gasteiger partial charge is 0.497 e. The number of nitrogens with zero attached hydrogens (tertiary/aromatic N) is 2. The van der Waals surface area contributed by atoms with Crippen LogP contribution >= 0.6 is 0 Å². The molecule has 6 heteroatoms. The lowest BCUT2D eigenvalue weighted by Gasteiger charge is -2.41. The monoisotopic (exact) mass is 321 g/mol. The van der Waals surface area contributed by atoms with Crippen molar-refractivity contribution in [3.05, 3.63) is 18.2 Å². The first-order chi connectivity index (χ1) is 10.7. The molecule has 1 fully saturated rings. The van der Waals surface area contributed by atoms with E-state index >= 15 is 0 Å². The number of carbonyl (C=O) groups excluding carboxylic acids is 1. The van der Waals surface area contributed by atoms with Crippen LogP contribution in [0.4, 0.5) is 16.2 Å². The number of methoxy groups -OCH3 is 1. The standard InChI is InChI=1S/C17H27N3O3/c1-12-11-19(15-7-6-13(22-5)10-14(15)18)8-9-20(12)16(21)23-17(2,3)4/h6-7,10,12H,8-9,11,18H2,1-5H3/t12-/m0/s1. The fraction of sp³-hybridized carbons (Fsp3) is 0.588. The van der Waals surface area contributed by atoms with Crippen molar-refractivity contribution in [2.45, 2.75) is 39.3 Å². The van der Waals surface area contributed by atoms with E-state index in [0.29, 0.717) is 12.2 Å². The minimum Gasteiger partial charge on any atom is -0.497 e. The van der Waals surface area contributed by atoms with Gasteiger partial charge in [0.25, 0.3) is 0 Å². The van der Waals surface area contributed by atoms with Gasteiger partial charge in [-0.1, -0.05) is 0 Å². The summed E-state index contributed by atoms with van der Waals surface area (Å²) in [7, 11) is 1.62. The third-order valence-corrected chi connectivity index (χ3v) is 3.83. The van der Waals surface area contributed by atoms with Crippen LogP contribution in [-0.2, 0) is 4.74 Å². The lowest BCUT2D eigenvalue weighted by Crippen LogP contribution is -2.55. The smallest absolute Gasteiger partial charge is 0.410 e. The molecule has 0 saturated carbocycles. The van der Waals surface area contributed by atoms with Crippen LogP contribution in [0.5, 0.6) is 5.75 Å². The average Bonchev–Trinajstić information content (AvgIpc) is 2.44. The number of benzene rings is 1. The molecule has 0 radical (unpaired) electrons. The number of ether oxygens (including phenoxy) is 2. The third kappa shape index (κ3) is 4.21. The number of hydrogen-bond donors (Lipinski definition) is 1. The van der Waals surface area contributed by atoms with E-state index in [0.717, 1.165) is 24.5 Å². The van der Waals surface area contributed by atoms with E-state index in [1.54, 1.807) is 12.0 Å². The second-order valence-corrected chi connectivity index (χ2v) is 6.89. The summed E-state index contributed by atoms with van der Waals surface area (Å²) >= 11 is 0. The normalized spacial score (nSPS) is 18.7. The minimum atomic E-state index is -0.478. The second-order valence-electron chi connectivity index (χ2n) is 6.89. The summed E-state index contributed by atoms with van der Waals surface area (Å²) in [5, 5.41) is 0. The molecule has 0 aliphatic carbocycles. The molecule has 1 aliphatic rings. The molecule has 1 heterocycles. The van der Waals surface area contributed by atoms with Crippen LogP contribution in [-0.4, -0.2) is 49.4 Å². The zero-order chi connectivity index (χ0) is 17.2. The summed E-state index contributed by atoms with van der Waals surface area (Å²) in [6, 6.07) is 5.74. The Labute approximate surface area is 138 Å². The van der Waals surface area contributed by atoms with Crippen molar-refractivity contribution in [1.82, 2.24) is 4.90 Å². The highest BCUT2D eigenvalue weighted by atomic mass is 16.6. The molecular formula is C17H27N3O3. The highest BCUT2D eigenvalue weighted by Gasteiger charge is 2.31. The topological polar surface area (TPSA) is 68.0 Å². The first-order valence-electron chi connectivity index (χ1n) is 7.89. The van der Waals surface area contributed by atoms with Gasteiger partial charge in [-0.15, -0.1) is 0 Å². The molecule has 23 heavy (non-hydrogen) atoms. The third-order valence-electron chi connectivity index (χ3n) is 3.83. The van der Waals surface area contributed by atoms with Crippen molar-refractivity contribution >= 4 is 17.5 Å². The Balaban J connectivity index is 2.05. The van der Waals surface area contributed by atoms with E-state index in [2.05, 4.69) is 4.90 Å². The van der Waals surface area contributed by atoms with Gasteiger partial charge in [-0.25, -0.2) is 4.79 Å². The van der Waals surface area contributed by atoms with Crippen LogP contribution in [0.3, 0.4) is 0 Å². The van der Waals surface area contributed by atoms with Gasteiger partial charge in [-0.2, -0.15) is 0 Å². The maximum Gasteiger partial charge on any atom is 0.410 e. The predicted octanol–water partition coefficient (Wildman–Crippen LogP) is 2.72. The number of amides is 1. The Bertz CT molecular complexity index is 569. The van der Waals surface area contributed by atoms with Crippen LogP contribution < -0.4 is 15.4 Å². The number of piperazine rings is 1. The number of carbonyl (C=O) groups is 1. The van der Waals surface area contributed by atoms with Crippen molar-refractivity contribution in [2.75, 3.05) is 37.4 Å². The van der Waals surface area contributed by atoms with Gasteiger partial charge in [0.05, 0.1) is 18.5 Å². The molecule has 0 aromatic heterocycles. The second kappa shape index (κ2) is 6.56. The van der Waals surface area contributed by atoms with Crippen molar-refractivity contribution in [2.24, 2.45) is 0 Å². The predicted molar refractivity (Wildman–Crippen MR) is 92.0 cm³/mol. The zero-order valence-corrected chi connectivity index (χ0v) is 14.6. The van der Waals surface area contributed by atoms with Gasteiger partial charge in [-0.05, 0) is 39.8 Å². The van der Waals surface area contributed by atoms with Crippen LogP contribution in [0.25, 0.3) is 0 Å². The van der Waals surface area contributed by atoms with Crippen molar-refractivity contribution in [3.63, 3.8) is 0 Å². The number of hydrogen-bond acceptors (Lipinski definition) is 5. The maximum absolute atomic E-state index is 12.3. The lowest BCUT2D eigenvalue weighted by atomic mass is 10.1. The van der Waals surface area contributed by atoms with Gasteiger partial charge in [-0.3, -0.25) is 0 Å². The van der Waals surface area contributed by atoms with Crippen LogP contribution in [0.15, 0.2) is 18.2 Å². The number of nitrogen functional groups attached to an aromatic ring is 1. The van der Waals surface area contributed by atoms with Gasteiger partial charge in [0, 0.05) is 31.7 Å². The lowest BCUT2D eigenvalue weighted by molar-refractivity contribution is 0.0159. The van der Waals surface area contributed by atoms with Gasteiger partial charge in [0.2, 0.25) is 0 Å². The van der Waals surface area contributed by atoms with Crippen LogP contribution in [0.2, 0.25) is 0 Å². The quantitative estimate of drug-likeness (QED) is 0.848. The molecule has 0 spiro atoms. The van der Waals surface area contributed by atoms with Gasteiger partial charge < -0.3 is 25.0 Å². The number of nitrogens with two attached hydrogens (primary N) is 1. The van der Waals surface area contributed by atoms with Crippen LogP contribution in [0, 0.1) is 0 Å². The van der Waals surface area contributed by atoms with Crippen molar-refractivity contribution < 1.29 is 14.3 Å². The molecule has 1 aromatic rings. The molecule has 2 rings (SSSR count). The first-order valence-corrected chi connectivity index (χ1v) is 7.89. The Morgan fingerprint density at radius 3 is 2.52 bits per heavy atom. The van der Waals surface area contributed by atoms with E-state index in [-0.39, 0.29) is 12.1 Å². The summed E-state index contributed by atoms with van der Waals surface area (Å²) in [6.07, 6.45) is -0.257. The average molecular weight is 321 g/mol. The van der Waals surface area contributed by atoms with Gasteiger partial charge in [0.1, 0.15) is 11.4 Å². The number of anilines is 2. The Hall–Kier alpha value is -2.11. The highest BCUT2D eigenvalue weighted by Crippen LogP contribution is 2.29. The molecule has 1 aliphatic heterocycles. The molecule has 1 atom stereocenters. The van der Waals surface area contributed by atoms with E-state index < -0.39 is 5.60 Å². The van der Waals surface area contributed by atoms with Crippen molar-refractivity contribution in [3.8, 4) is 5.75 Å². The van der Waals surface area contributed by atoms with E-state index in [1.165, 1.54) is 0 Å². The molecule has 1 aromatic carbocycles. The Morgan fingerprint density at radius 1 is 1.30 bits per heavy atom. The molecule has 2 N–H and O–H groups in total. The molecule has 6 nitrogen and oxygen atoms in total.